The van der Waals surface area contributed by atoms with Gasteiger partial charge in [0.25, 0.3) is 0 Å². The van der Waals surface area contributed by atoms with Gasteiger partial charge < -0.3 is 5.32 Å². The topological polar surface area (TPSA) is 12.0 Å². The molecule has 2 aromatic rings. The summed E-state index contributed by atoms with van der Waals surface area (Å²) < 4.78 is 0. The molecule has 2 unspecified atom stereocenters. The van der Waals surface area contributed by atoms with Crippen LogP contribution in [0.25, 0.3) is 0 Å². The molecule has 164 valence electrons. The molecular weight excluding hydrogens is 362 g/mol. The molecule has 1 saturated heterocycles. The smallest absolute Gasteiger partial charge is 0.0320 e. The predicted octanol–water partition coefficient (Wildman–Crippen LogP) is 7.52. The average Bonchev–Trinajstić information content (AvgIpc) is 3.07. The number of hydrogen-bond acceptors (Lipinski definition) is 1. The molecule has 4 rings (SSSR count). The highest BCUT2D eigenvalue weighted by Gasteiger charge is 2.21. The van der Waals surface area contributed by atoms with Gasteiger partial charge in [0.05, 0.1) is 0 Å². The van der Waals surface area contributed by atoms with Crippen molar-refractivity contribution in [3.8, 4) is 0 Å². The van der Waals surface area contributed by atoms with Crippen molar-refractivity contribution in [3.05, 3.63) is 70.3 Å². The molecule has 1 nitrogen and oxygen atoms in total. The molecule has 0 aromatic heterocycles. The number of rotatable bonds is 1. The van der Waals surface area contributed by atoms with Gasteiger partial charge >= 0.3 is 0 Å². The van der Waals surface area contributed by atoms with Crippen molar-refractivity contribution in [2.24, 2.45) is 5.92 Å². The molecule has 30 heavy (non-hydrogen) atoms. The largest absolute Gasteiger partial charge is 0.310 e. The van der Waals surface area contributed by atoms with Crippen LogP contribution < -0.4 is 5.32 Å². The molecular formula is C29H43N. The second-order valence-corrected chi connectivity index (χ2v) is 11.6. The van der Waals surface area contributed by atoms with Gasteiger partial charge in [0.2, 0.25) is 0 Å². The lowest BCUT2D eigenvalue weighted by atomic mass is 9.85. The van der Waals surface area contributed by atoms with Gasteiger partial charge in [-0.15, -0.1) is 0 Å². The van der Waals surface area contributed by atoms with E-state index in [1.807, 2.05) is 0 Å². The lowest BCUT2D eigenvalue weighted by Gasteiger charge is -2.25. The lowest BCUT2D eigenvalue weighted by Crippen LogP contribution is -2.26. The number of piperidine rings is 1. The van der Waals surface area contributed by atoms with E-state index in [1.54, 1.807) is 11.1 Å². The average molecular weight is 406 g/mol. The first kappa shape index (κ1) is 23.1. The van der Waals surface area contributed by atoms with Crippen LogP contribution in [0, 0.1) is 5.92 Å². The van der Waals surface area contributed by atoms with Gasteiger partial charge in [0.1, 0.15) is 0 Å². The fourth-order valence-electron chi connectivity index (χ4n) is 4.66. The van der Waals surface area contributed by atoms with E-state index >= 15 is 0 Å². The van der Waals surface area contributed by atoms with Crippen LogP contribution in [0.15, 0.2) is 42.5 Å². The Labute approximate surface area is 185 Å². The van der Waals surface area contributed by atoms with E-state index in [0.717, 1.165) is 5.92 Å². The van der Waals surface area contributed by atoms with Gasteiger partial charge in [0, 0.05) is 6.04 Å². The van der Waals surface area contributed by atoms with Gasteiger partial charge in [-0.2, -0.15) is 0 Å². The highest BCUT2D eigenvalue weighted by atomic mass is 14.9. The minimum absolute atomic E-state index is 0.262. The summed E-state index contributed by atoms with van der Waals surface area (Å²) >= 11 is 0. The third kappa shape index (κ3) is 5.97. The van der Waals surface area contributed by atoms with E-state index in [2.05, 4.69) is 96.2 Å². The normalized spacial score (nSPS) is 21.6. The Hall–Kier alpha value is -1.60. The van der Waals surface area contributed by atoms with E-state index in [0.29, 0.717) is 11.5 Å². The van der Waals surface area contributed by atoms with Crippen molar-refractivity contribution in [2.45, 2.75) is 97.4 Å². The molecule has 1 N–H and O–H groups in total. The second-order valence-electron chi connectivity index (χ2n) is 11.6. The second kappa shape index (κ2) is 9.27. The van der Waals surface area contributed by atoms with Crippen molar-refractivity contribution in [1.29, 1.82) is 0 Å². The molecule has 0 amide bonds. The first-order chi connectivity index (χ1) is 14.0. The highest BCUT2D eigenvalue weighted by Crippen LogP contribution is 2.31. The van der Waals surface area contributed by atoms with Crippen molar-refractivity contribution in [3.63, 3.8) is 0 Å². The zero-order valence-electron chi connectivity index (χ0n) is 20.4. The summed E-state index contributed by atoms with van der Waals surface area (Å²) in [6.45, 7) is 17.2. The van der Waals surface area contributed by atoms with Gasteiger partial charge in [-0.05, 0) is 76.8 Å². The Bertz CT molecular complexity index is 811. The number of benzene rings is 2. The third-order valence-corrected chi connectivity index (χ3v) is 6.70. The maximum atomic E-state index is 3.59. The van der Waals surface area contributed by atoms with E-state index < -0.39 is 0 Å². The maximum Gasteiger partial charge on any atom is 0.0320 e. The quantitative estimate of drug-likeness (QED) is 0.517. The van der Waals surface area contributed by atoms with Gasteiger partial charge in [0.15, 0.2) is 0 Å². The van der Waals surface area contributed by atoms with Crippen LogP contribution in [-0.4, -0.2) is 6.54 Å². The molecule has 2 aromatic carbocycles. The van der Waals surface area contributed by atoms with Crippen LogP contribution in [0.4, 0.5) is 0 Å². The van der Waals surface area contributed by atoms with Crippen LogP contribution in [0.1, 0.15) is 102 Å². The Morgan fingerprint density at radius 1 is 0.733 bits per heavy atom. The molecule has 1 fully saturated rings. The van der Waals surface area contributed by atoms with Crippen molar-refractivity contribution in [1.82, 2.24) is 5.32 Å². The summed E-state index contributed by atoms with van der Waals surface area (Å²) in [6, 6.07) is 16.8. The molecule has 0 bridgehead atoms. The van der Waals surface area contributed by atoms with Crippen LogP contribution in [0.5, 0.6) is 0 Å². The molecule has 1 aliphatic heterocycles. The van der Waals surface area contributed by atoms with Crippen molar-refractivity contribution in [2.75, 3.05) is 6.54 Å². The summed E-state index contributed by atoms with van der Waals surface area (Å²) in [5, 5.41) is 3.59. The van der Waals surface area contributed by atoms with Crippen molar-refractivity contribution >= 4 is 0 Å². The first-order valence-corrected chi connectivity index (χ1v) is 12.0. The maximum absolute atomic E-state index is 3.59. The Kier molecular flexibility index (Phi) is 7.13. The highest BCUT2D eigenvalue weighted by molar-refractivity contribution is 5.38. The summed E-state index contributed by atoms with van der Waals surface area (Å²) in [4.78, 5) is 0. The van der Waals surface area contributed by atoms with Crippen LogP contribution in [0.2, 0.25) is 0 Å². The molecule has 2 atom stereocenters. The molecule has 0 spiro atoms. The predicted molar refractivity (Wildman–Crippen MR) is 131 cm³/mol. The number of hydrogen-bond donors (Lipinski definition) is 1. The van der Waals surface area contributed by atoms with E-state index in [1.165, 1.54) is 55.3 Å². The third-order valence-electron chi connectivity index (χ3n) is 6.70. The van der Waals surface area contributed by atoms with Crippen LogP contribution in [-0.2, 0) is 23.7 Å². The fraction of sp³-hybridized carbons (Fsp3) is 0.586. The molecule has 1 heterocycles. The molecule has 0 saturated carbocycles. The number of nitrogens with one attached hydrogen (secondary N) is 1. The summed E-state index contributed by atoms with van der Waals surface area (Å²) in [5.74, 6) is 0.847. The lowest BCUT2D eigenvalue weighted by molar-refractivity contribution is 0.412. The summed E-state index contributed by atoms with van der Waals surface area (Å²) in [7, 11) is 0. The summed E-state index contributed by atoms with van der Waals surface area (Å²) in [5.41, 5.74) is 8.07. The van der Waals surface area contributed by atoms with Crippen LogP contribution in [0.3, 0.4) is 0 Å². The zero-order valence-corrected chi connectivity index (χ0v) is 20.4. The van der Waals surface area contributed by atoms with E-state index in [9.17, 15) is 0 Å². The SMILES string of the molecule is CC(C)(C)c1ccc(C2CCCCN2)cc1.CC1Cc2ccc(C(C)(C)C)cc2C1. The van der Waals surface area contributed by atoms with E-state index in [-0.39, 0.29) is 5.41 Å². The van der Waals surface area contributed by atoms with Crippen LogP contribution >= 0.6 is 0 Å². The molecule has 1 aliphatic carbocycles. The Morgan fingerprint density at radius 3 is 1.90 bits per heavy atom. The summed E-state index contributed by atoms with van der Waals surface area (Å²) in [6.07, 6.45) is 6.53. The molecule has 2 aliphatic rings. The minimum Gasteiger partial charge on any atom is -0.310 e. The van der Waals surface area contributed by atoms with Gasteiger partial charge in [-0.3, -0.25) is 0 Å². The number of fused-ring (bicyclic) bond motifs is 1. The standard InChI is InChI=1S/C15H23N.C14H20/c1-15(2,3)13-9-7-12(8-10-13)14-6-4-5-11-16-14;1-10-7-11-5-6-13(14(2,3)4)9-12(11)8-10/h7-10,14,16H,4-6,11H2,1-3H3;5-6,9-10H,7-8H2,1-4H3. The van der Waals surface area contributed by atoms with Gasteiger partial charge in [-0.1, -0.05) is 97.4 Å². The zero-order chi connectivity index (χ0) is 21.9. The first-order valence-electron chi connectivity index (χ1n) is 12.0. The Balaban J connectivity index is 0.000000172. The minimum atomic E-state index is 0.262. The fourth-order valence-corrected chi connectivity index (χ4v) is 4.66. The van der Waals surface area contributed by atoms with Gasteiger partial charge in [-0.25, -0.2) is 0 Å². The monoisotopic (exact) mass is 405 g/mol. The Morgan fingerprint density at radius 2 is 1.33 bits per heavy atom. The molecule has 1 heteroatoms. The van der Waals surface area contributed by atoms with E-state index in [4.69, 9.17) is 0 Å². The van der Waals surface area contributed by atoms with Crippen molar-refractivity contribution < 1.29 is 0 Å². The molecule has 0 radical (unpaired) electrons.